The number of benzene rings is 1. The van der Waals surface area contributed by atoms with Gasteiger partial charge in [0.1, 0.15) is 5.82 Å². The molecule has 1 aromatic rings. The predicted molar refractivity (Wildman–Crippen MR) is 87.7 cm³/mol. The summed E-state index contributed by atoms with van der Waals surface area (Å²) >= 11 is 1.41. The maximum absolute atomic E-state index is 13.5. The van der Waals surface area contributed by atoms with Crippen molar-refractivity contribution in [2.24, 2.45) is 0 Å². The summed E-state index contributed by atoms with van der Waals surface area (Å²) < 4.78 is 13.5. The van der Waals surface area contributed by atoms with E-state index >= 15 is 0 Å². The zero-order valence-electron chi connectivity index (χ0n) is 12.2. The molecule has 6 heteroatoms. The number of amides is 1. The Kier molecular flexibility index (Phi) is 8.07. The van der Waals surface area contributed by atoms with E-state index in [4.69, 9.17) is 0 Å². The minimum Gasteiger partial charge on any atom is -0.338 e. The molecule has 1 aliphatic heterocycles. The fourth-order valence-corrected chi connectivity index (χ4v) is 3.44. The van der Waals surface area contributed by atoms with E-state index < -0.39 is 0 Å². The maximum Gasteiger partial charge on any atom is 0.223 e. The van der Waals surface area contributed by atoms with Crippen LogP contribution in [0.4, 0.5) is 4.39 Å². The van der Waals surface area contributed by atoms with Crippen LogP contribution in [0.15, 0.2) is 29.2 Å². The highest BCUT2D eigenvalue weighted by molar-refractivity contribution is 7.99. The molecule has 1 N–H and O–H groups in total. The molecule has 1 aromatic carbocycles. The van der Waals surface area contributed by atoms with E-state index in [-0.39, 0.29) is 24.1 Å². The summed E-state index contributed by atoms with van der Waals surface area (Å²) in [7, 11) is 1.91. The Hall–Kier alpha value is -0.780. The fourth-order valence-electron chi connectivity index (χ4n) is 2.57. The van der Waals surface area contributed by atoms with Gasteiger partial charge in [-0.25, -0.2) is 4.39 Å². The second-order valence-electron chi connectivity index (χ2n) is 4.97. The molecule has 1 atom stereocenters. The van der Waals surface area contributed by atoms with Crippen LogP contribution >= 0.6 is 24.2 Å². The molecule has 3 nitrogen and oxygen atoms in total. The van der Waals surface area contributed by atoms with Gasteiger partial charge in [-0.2, -0.15) is 0 Å². The third-order valence-electron chi connectivity index (χ3n) is 3.55. The number of likely N-dealkylation sites (tertiary alicyclic amines) is 1. The Morgan fingerprint density at radius 2 is 2.24 bits per heavy atom. The molecule has 1 aliphatic rings. The Balaban J connectivity index is 0.00000220. The summed E-state index contributed by atoms with van der Waals surface area (Å²) in [5, 5.41) is 3.14. The smallest absolute Gasteiger partial charge is 0.223 e. The summed E-state index contributed by atoms with van der Waals surface area (Å²) in [6, 6.07) is 7.02. The molecule has 0 aliphatic carbocycles. The van der Waals surface area contributed by atoms with Crippen LogP contribution in [0.3, 0.4) is 0 Å². The Morgan fingerprint density at radius 3 is 2.95 bits per heavy atom. The van der Waals surface area contributed by atoms with Crippen LogP contribution < -0.4 is 5.32 Å². The van der Waals surface area contributed by atoms with Gasteiger partial charge in [-0.3, -0.25) is 4.79 Å². The molecule has 1 heterocycles. The molecule has 0 aromatic heterocycles. The van der Waals surface area contributed by atoms with Crippen molar-refractivity contribution < 1.29 is 9.18 Å². The van der Waals surface area contributed by atoms with E-state index in [0.29, 0.717) is 23.1 Å². The van der Waals surface area contributed by atoms with Crippen molar-refractivity contribution in [2.75, 3.05) is 25.9 Å². The van der Waals surface area contributed by atoms with E-state index in [2.05, 4.69) is 5.32 Å². The molecule has 0 spiro atoms. The topological polar surface area (TPSA) is 32.3 Å². The lowest BCUT2D eigenvalue weighted by atomic mass is 10.2. The molecule has 0 bridgehead atoms. The van der Waals surface area contributed by atoms with Gasteiger partial charge >= 0.3 is 0 Å². The number of likely N-dealkylation sites (N-methyl/N-ethyl adjacent to an activating group) is 1. The maximum atomic E-state index is 13.5. The predicted octanol–water partition coefficient (Wildman–Crippen LogP) is 2.94. The van der Waals surface area contributed by atoms with Crippen molar-refractivity contribution in [2.45, 2.75) is 30.2 Å². The first kappa shape index (κ1) is 18.3. The molecular weight excluding hydrogens is 311 g/mol. The van der Waals surface area contributed by atoms with E-state index in [9.17, 15) is 9.18 Å². The van der Waals surface area contributed by atoms with Crippen LogP contribution in [-0.2, 0) is 4.79 Å². The van der Waals surface area contributed by atoms with E-state index in [0.717, 1.165) is 25.9 Å². The lowest BCUT2D eigenvalue weighted by molar-refractivity contribution is -0.131. The first-order chi connectivity index (χ1) is 9.72. The van der Waals surface area contributed by atoms with Gasteiger partial charge < -0.3 is 10.2 Å². The number of nitrogens with zero attached hydrogens (tertiary/aromatic N) is 1. The van der Waals surface area contributed by atoms with E-state index in [1.807, 2.05) is 18.0 Å². The van der Waals surface area contributed by atoms with Crippen molar-refractivity contribution in [3.05, 3.63) is 30.1 Å². The van der Waals surface area contributed by atoms with Crippen molar-refractivity contribution in [3.63, 3.8) is 0 Å². The van der Waals surface area contributed by atoms with Crippen molar-refractivity contribution in [1.82, 2.24) is 10.2 Å². The lowest BCUT2D eigenvalue weighted by Gasteiger charge is -2.24. The number of carbonyl (C=O) groups is 1. The zero-order chi connectivity index (χ0) is 14.4. The fraction of sp³-hybridized carbons (Fsp3) is 0.533. The van der Waals surface area contributed by atoms with Gasteiger partial charge in [0.25, 0.3) is 0 Å². The van der Waals surface area contributed by atoms with Crippen molar-refractivity contribution in [1.29, 1.82) is 0 Å². The van der Waals surface area contributed by atoms with Crippen LogP contribution in [0.2, 0.25) is 0 Å². The third-order valence-corrected chi connectivity index (χ3v) is 4.60. The first-order valence-electron chi connectivity index (χ1n) is 7.03. The number of thioether (sulfide) groups is 1. The van der Waals surface area contributed by atoms with Gasteiger partial charge in [0.15, 0.2) is 0 Å². The number of hydrogen-bond acceptors (Lipinski definition) is 3. The normalized spacial score (nSPS) is 17.6. The standard InChI is InChI=1S/C15H21FN2OS.ClH/c1-17-11-12-5-4-9-18(12)15(19)8-10-20-14-7-3-2-6-13(14)16;/h2-3,6-7,12,17H,4-5,8-11H2,1H3;1H. The highest BCUT2D eigenvalue weighted by Crippen LogP contribution is 2.23. The van der Waals surface area contributed by atoms with E-state index in [1.54, 1.807) is 12.1 Å². The van der Waals surface area contributed by atoms with Crippen LogP contribution in [0.1, 0.15) is 19.3 Å². The largest absolute Gasteiger partial charge is 0.338 e. The molecule has 0 radical (unpaired) electrons. The zero-order valence-corrected chi connectivity index (χ0v) is 13.8. The monoisotopic (exact) mass is 332 g/mol. The van der Waals surface area contributed by atoms with Gasteiger partial charge in [0.2, 0.25) is 5.91 Å². The molecule has 118 valence electrons. The summed E-state index contributed by atoms with van der Waals surface area (Å²) in [4.78, 5) is 14.8. The average molecular weight is 333 g/mol. The number of halogens is 2. The Morgan fingerprint density at radius 1 is 1.48 bits per heavy atom. The summed E-state index contributed by atoms with van der Waals surface area (Å²) in [6.07, 6.45) is 2.63. The molecular formula is C15H22ClFN2OS. The Labute approximate surface area is 136 Å². The summed E-state index contributed by atoms with van der Waals surface area (Å²) in [5.41, 5.74) is 0. The van der Waals surface area contributed by atoms with Gasteiger partial charge in [0.05, 0.1) is 0 Å². The second-order valence-corrected chi connectivity index (χ2v) is 6.11. The second kappa shape index (κ2) is 9.28. The first-order valence-corrected chi connectivity index (χ1v) is 8.02. The molecule has 1 unspecified atom stereocenters. The number of carbonyl (C=O) groups excluding carboxylic acids is 1. The van der Waals surface area contributed by atoms with Gasteiger partial charge in [-0.1, -0.05) is 12.1 Å². The van der Waals surface area contributed by atoms with Gasteiger partial charge in [-0.15, -0.1) is 24.2 Å². The molecule has 1 amide bonds. The van der Waals surface area contributed by atoms with Crippen LogP contribution in [0.5, 0.6) is 0 Å². The Bertz CT molecular complexity index is 461. The average Bonchev–Trinajstić information content (AvgIpc) is 2.89. The lowest BCUT2D eigenvalue weighted by Crippen LogP contribution is -2.40. The molecule has 0 saturated carbocycles. The minimum atomic E-state index is -0.209. The molecule has 21 heavy (non-hydrogen) atoms. The van der Waals surface area contributed by atoms with Gasteiger partial charge in [-0.05, 0) is 32.0 Å². The molecule has 2 rings (SSSR count). The number of nitrogens with one attached hydrogen (secondary N) is 1. The van der Waals surface area contributed by atoms with E-state index in [1.165, 1.54) is 17.8 Å². The van der Waals surface area contributed by atoms with Gasteiger partial charge in [0, 0.05) is 36.2 Å². The molecule has 1 saturated heterocycles. The summed E-state index contributed by atoms with van der Waals surface area (Å²) in [5.74, 6) is 0.605. The third kappa shape index (κ3) is 5.16. The molecule has 1 fully saturated rings. The SMILES string of the molecule is CNCC1CCCN1C(=O)CCSc1ccccc1F.Cl. The van der Waals surface area contributed by atoms with Crippen LogP contribution in [0.25, 0.3) is 0 Å². The van der Waals surface area contributed by atoms with Crippen molar-refractivity contribution >= 4 is 30.1 Å². The van der Waals surface area contributed by atoms with Crippen molar-refractivity contribution in [3.8, 4) is 0 Å². The van der Waals surface area contributed by atoms with Crippen LogP contribution in [-0.4, -0.2) is 42.7 Å². The minimum absolute atomic E-state index is 0. The quantitative estimate of drug-likeness (QED) is 0.813. The summed E-state index contributed by atoms with van der Waals surface area (Å²) in [6.45, 7) is 1.71. The highest BCUT2D eigenvalue weighted by Gasteiger charge is 2.27. The number of hydrogen-bond donors (Lipinski definition) is 1. The highest BCUT2D eigenvalue weighted by atomic mass is 35.5. The van der Waals surface area contributed by atoms with Crippen LogP contribution in [0, 0.1) is 5.82 Å². The number of rotatable bonds is 6.